The highest BCUT2D eigenvalue weighted by molar-refractivity contribution is 6.29. The van der Waals surface area contributed by atoms with Crippen LogP contribution in [0.3, 0.4) is 0 Å². The summed E-state index contributed by atoms with van der Waals surface area (Å²) in [5.74, 6) is -0.392. The average molecular weight is 280 g/mol. The van der Waals surface area contributed by atoms with Crippen molar-refractivity contribution in [3.05, 3.63) is 34.7 Å². The Hall–Kier alpha value is -1.88. The van der Waals surface area contributed by atoms with Crippen molar-refractivity contribution in [1.82, 2.24) is 14.8 Å². The molecule has 2 aromatic rings. The number of hydrogen-bond donors (Lipinski definition) is 0. The maximum absolute atomic E-state index is 11.9. The SMILES string of the molecule is CCOC(=O)c1cnn(C)c1-c1cc(C)nc(Cl)c1. The van der Waals surface area contributed by atoms with Crippen molar-refractivity contribution >= 4 is 17.6 Å². The molecule has 2 rings (SSSR count). The van der Waals surface area contributed by atoms with Gasteiger partial charge in [0.05, 0.1) is 18.5 Å². The van der Waals surface area contributed by atoms with Gasteiger partial charge in [-0.1, -0.05) is 11.6 Å². The molecule has 0 amide bonds. The van der Waals surface area contributed by atoms with E-state index in [1.807, 2.05) is 13.0 Å². The Morgan fingerprint density at radius 2 is 2.21 bits per heavy atom. The molecule has 2 heterocycles. The molecule has 0 saturated heterocycles. The summed E-state index contributed by atoms with van der Waals surface area (Å²) in [4.78, 5) is 16.0. The van der Waals surface area contributed by atoms with E-state index in [1.54, 1.807) is 24.7 Å². The highest BCUT2D eigenvalue weighted by atomic mass is 35.5. The highest BCUT2D eigenvalue weighted by Gasteiger charge is 2.19. The number of esters is 1. The second kappa shape index (κ2) is 5.40. The summed E-state index contributed by atoms with van der Waals surface area (Å²) in [7, 11) is 1.77. The van der Waals surface area contributed by atoms with Gasteiger partial charge in [0.2, 0.25) is 0 Å². The molecule has 0 aliphatic carbocycles. The van der Waals surface area contributed by atoms with Gasteiger partial charge < -0.3 is 4.74 Å². The maximum Gasteiger partial charge on any atom is 0.341 e. The molecule has 0 aliphatic heterocycles. The third-order valence-electron chi connectivity index (χ3n) is 2.63. The highest BCUT2D eigenvalue weighted by Crippen LogP contribution is 2.26. The summed E-state index contributed by atoms with van der Waals surface area (Å²) < 4.78 is 6.65. The molecule has 0 fully saturated rings. The minimum atomic E-state index is -0.392. The number of pyridine rings is 1. The topological polar surface area (TPSA) is 57.0 Å². The zero-order valence-corrected chi connectivity index (χ0v) is 11.7. The van der Waals surface area contributed by atoms with Crippen LogP contribution in [0.4, 0.5) is 0 Å². The number of rotatable bonds is 3. The van der Waals surface area contributed by atoms with E-state index in [0.29, 0.717) is 23.0 Å². The van der Waals surface area contributed by atoms with Crippen LogP contribution in [0.1, 0.15) is 23.0 Å². The van der Waals surface area contributed by atoms with E-state index in [0.717, 1.165) is 11.3 Å². The molecule has 2 aromatic heterocycles. The summed E-state index contributed by atoms with van der Waals surface area (Å²) in [6, 6.07) is 3.56. The van der Waals surface area contributed by atoms with Crippen LogP contribution in [0.15, 0.2) is 18.3 Å². The molecule has 0 radical (unpaired) electrons. The van der Waals surface area contributed by atoms with E-state index >= 15 is 0 Å². The van der Waals surface area contributed by atoms with E-state index in [4.69, 9.17) is 16.3 Å². The molecule has 5 nitrogen and oxygen atoms in total. The van der Waals surface area contributed by atoms with Gasteiger partial charge in [-0.25, -0.2) is 9.78 Å². The van der Waals surface area contributed by atoms with Crippen molar-refractivity contribution in [2.24, 2.45) is 7.05 Å². The van der Waals surface area contributed by atoms with Crippen molar-refractivity contribution < 1.29 is 9.53 Å². The Labute approximate surface area is 116 Å². The van der Waals surface area contributed by atoms with Crippen LogP contribution in [0.2, 0.25) is 5.15 Å². The standard InChI is InChI=1S/C13H14ClN3O2/c1-4-19-13(18)10-7-15-17(3)12(10)9-5-8(2)16-11(14)6-9/h5-7H,4H2,1-3H3. The fourth-order valence-electron chi connectivity index (χ4n) is 1.90. The Kier molecular flexibility index (Phi) is 3.85. The Bertz CT molecular complexity index is 602. The van der Waals surface area contributed by atoms with Crippen LogP contribution in [0, 0.1) is 6.92 Å². The van der Waals surface area contributed by atoms with Gasteiger partial charge in [-0.05, 0) is 26.0 Å². The van der Waals surface area contributed by atoms with Gasteiger partial charge in [0, 0.05) is 18.3 Å². The molecular formula is C13H14ClN3O2. The van der Waals surface area contributed by atoms with E-state index in [-0.39, 0.29) is 0 Å². The van der Waals surface area contributed by atoms with Gasteiger partial charge >= 0.3 is 5.97 Å². The van der Waals surface area contributed by atoms with Gasteiger partial charge in [0.1, 0.15) is 10.7 Å². The van der Waals surface area contributed by atoms with Gasteiger partial charge in [-0.15, -0.1) is 0 Å². The molecule has 0 unspecified atom stereocenters. The molecule has 0 bridgehead atoms. The van der Waals surface area contributed by atoms with E-state index in [1.165, 1.54) is 6.20 Å². The number of hydrogen-bond acceptors (Lipinski definition) is 4. The Morgan fingerprint density at radius 3 is 2.84 bits per heavy atom. The summed E-state index contributed by atoms with van der Waals surface area (Å²) in [5.41, 5.74) is 2.66. The quantitative estimate of drug-likeness (QED) is 0.640. The molecule has 19 heavy (non-hydrogen) atoms. The first-order chi connectivity index (χ1) is 9.02. The average Bonchev–Trinajstić information content (AvgIpc) is 2.70. The molecule has 0 aromatic carbocycles. The fraction of sp³-hybridized carbons (Fsp3) is 0.308. The summed E-state index contributed by atoms with van der Waals surface area (Å²) in [6.45, 7) is 3.93. The van der Waals surface area contributed by atoms with E-state index < -0.39 is 5.97 Å². The Balaban J connectivity index is 2.55. The summed E-state index contributed by atoms with van der Waals surface area (Å²) >= 11 is 5.96. The molecule has 0 atom stereocenters. The molecular weight excluding hydrogens is 266 g/mol. The monoisotopic (exact) mass is 279 g/mol. The van der Waals surface area contributed by atoms with Crippen molar-refractivity contribution in [1.29, 1.82) is 0 Å². The molecule has 100 valence electrons. The van der Waals surface area contributed by atoms with Gasteiger partial charge in [-0.3, -0.25) is 4.68 Å². The number of aryl methyl sites for hydroxylation is 2. The van der Waals surface area contributed by atoms with Crippen LogP contribution >= 0.6 is 11.6 Å². The predicted molar refractivity (Wildman–Crippen MR) is 72.1 cm³/mol. The lowest BCUT2D eigenvalue weighted by Gasteiger charge is -2.07. The van der Waals surface area contributed by atoms with Crippen molar-refractivity contribution in [2.75, 3.05) is 6.61 Å². The third kappa shape index (κ3) is 2.76. The number of halogens is 1. The van der Waals surface area contributed by atoms with Crippen LogP contribution < -0.4 is 0 Å². The molecule has 0 spiro atoms. The van der Waals surface area contributed by atoms with E-state index in [9.17, 15) is 4.79 Å². The van der Waals surface area contributed by atoms with Crippen molar-refractivity contribution in [2.45, 2.75) is 13.8 Å². The number of aromatic nitrogens is 3. The van der Waals surface area contributed by atoms with Crippen LogP contribution in [-0.2, 0) is 11.8 Å². The van der Waals surface area contributed by atoms with Gasteiger partial charge in [0.15, 0.2) is 0 Å². The number of carbonyl (C=O) groups excluding carboxylic acids is 1. The zero-order valence-electron chi connectivity index (χ0n) is 11.0. The molecule has 0 aliphatic rings. The lowest BCUT2D eigenvalue weighted by atomic mass is 10.1. The second-order valence-electron chi connectivity index (χ2n) is 4.07. The van der Waals surface area contributed by atoms with Gasteiger partial charge in [0.25, 0.3) is 0 Å². The van der Waals surface area contributed by atoms with Crippen LogP contribution in [-0.4, -0.2) is 27.3 Å². The smallest absolute Gasteiger partial charge is 0.341 e. The second-order valence-corrected chi connectivity index (χ2v) is 4.46. The van der Waals surface area contributed by atoms with Crippen molar-refractivity contribution in [3.8, 4) is 11.3 Å². The van der Waals surface area contributed by atoms with Crippen LogP contribution in [0.25, 0.3) is 11.3 Å². The van der Waals surface area contributed by atoms with Gasteiger partial charge in [-0.2, -0.15) is 5.10 Å². The molecule has 6 heteroatoms. The summed E-state index contributed by atoms with van der Waals surface area (Å²) in [6.07, 6.45) is 1.50. The molecule has 0 N–H and O–H groups in total. The molecule has 0 saturated carbocycles. The maximum atomic E-state index is 11.9. The first kappa shape index (κ1) is 13.5. The minimum Gasteiger partial charge on any atom is -0.462 e. The zero-order chi connectivity index (χ0) is 14.0. The first-order valence-corrected chi connectivity index (χ1v) is 6.24. The fourth-order valence-corrected chi connectivity index (χ4v) is 2.15. The number of carbonyl (C=O) groups is 1. The van der Waals surface area contributed by atoms with Crippen molar-refractivity contribution in [3.63, 3.8) is 0 Å². The summed E-state index contributed by atoms with van der Waals surface area (Å²) in [5, 5.41) is 4.49. The lowest BCUT2D eigenvalue weighted by molar-refractivity contribution is 0.0527. The first-order valence-electron chi connectivity index (χ1n) is 5.86. The Morgan fingerprint density at radius 1 is 1.47 bits per heavy atom. The normalized spacial score (nSPS) is 10.5. The lowest BCUT2D eigenvalue weighted by Crippen LogP contribution is -2.06. The van der Waals surface area contributed by atoms with E-state index in [2.05, 4.69) is 10.1 Å². The predicted octanol–water partition coefficient (Wildman–Crippen LogP) is 2.62. The number of nitrogens with zero attached hydrogens (tertiary/aromatic N) is 3. The minimum absolute atomic E-state index is 0.323. The van der Waals surface area contributed by atoms with Crippen LogP contribution in [0.5, 0.6) is 0 Å². The largest absolute Gasteiger partial charge is 0.462 e. The number of ether oxygens (including phenoxy) is 1. The third-order valence-corrected chi connectivity index (χ3v) is 2.82.